The second kappa shape index (κ2) is 3.60. The van der Waals surface area contributed by atoms with Crippen LogP contribution in [0.15, 0.2) is 24.3 Å². The highest BCUT2D eigenvalue weighted by molar-refractivity contribution is 6.30. The Morgan fingerprint density at radius 3 is 2.73 bits per heavy atom. The molecule has 0 bridgehead atoms. The van der Waals surface area contributed by atoms with Gasteiger partial charge in [-0.3, -0.25) is 0 Å². The van der Waals surface area contributed by atoms with E-state index in [2.05, 4.69) is 5.43 Å². The Hall–Kier alpha value is -0.730. The third-order valence-electron chi connectivity index (χ3n) is 1.53. The lowest BCUT2D eigenvalue weighted by atomic mass is 10.3. The Morgan fingerprint density at radius 1 is 1.45 bits per heavy atom. The van der Waals surface area contributed by atoms with Crippen molar-refractivity contribution in [3.05, 3.63) is 29.3 Å². The van der Waals surface area contributed by atoms with Crippen LogP contribution in [-0.4, -0.2) is 14.1 Å². The van der Waals surface area contributed by atoms with Crippen LogP contribution < -0.4 is 10.4 Å². The number of nitrogens with zero attached hydrogens (tertiary/aromatic N) is 1. The first-order valence-electron chi connectivity index (χ1n) is 3.40. The van der Waals surface area contributed by atoms with Gasteiger partial charge in [-0.25, -0.2) is 5.43 Å². The minimum absolute atomic E-state index is 0.754. The fourth-order valence-corrected chi connectivity index (χ4v) is 0.998. The highest BCUT2D eigenvalue weighted by atomic mass is 35.5. The molecule has 0 unspecified atom stereocenters. The highest BCUT2D eigenvalue weighted by Crippen LogP contribution is 2.16. The molecular weight excluding hydrogens is 160 g/mol. The molecule has 3 heteroatoms. The zero-order chi connectivity index (χ0) is 8.27. The normalized spacial score (nSPS) is 9.73. The summed E-state index contributed by atoms with van der Waals surface area (Å²) in [7, 11) is 3.80. The van der Waals surface area contributed by atoms with Gasteiger partial charge in [-0.1, -0.05) is 17.7 Å². The van der Waals surface area contributed by atoms with Gasteiger partial charge in [-0.15, -0.1) is 0 Å². The predicted molar refractivity (Wildman–Crippen MR) is 48.9 cm³/mol. The number of anilines is 1. The molecule has 0 fully saturated rings. The first-order valence-corrected chi connectivity index (χ1v) is 3.78. The molecule has 1 aromatic rings. The highest BCUT2D eigenvalue weighted by Gasteiger charge is 1.96. The second-order valence-corrected chi connectivity index (χ2v) is 2.70. The van der Waals surface area contributed by atoms with Gasteiger partial charge in [0.2, 0.25) is 0 Å². The predicted octanol–water partition coefficient (Wildman–Crippen LogP) is 1.91. The second-order valence-electron chi connectivity index (χ2n) is 2.26. The summed E-state index contributed by atoms with van der Waals surface area (Å²) < 4.78 is 0. The summed E-state index contributed by atoms with van der Waals surface area (Å²) in [6, 6.07) is 7.67. The van der Waals surface area contributed by atoms with Crippen LogP contribution in [0.2, 0.25) is 5.02 Å². The number of hydrogen-bond acceptors (Lipinski definition) is 2. The van der Waals surface area contributed by atoms with Gasteiger partial charge in [0.25, 0.3) is 0 Å². The Bertz CT molecular complexity index is 237. The Morgan fingerprint density at radius 2 is 2.18 bits per heavy atom. The Labute approximate surface area is 71.7 Å². The number of rotatable bonds is 2. The standard InChI is InChI=1S/C8H11ClN2/c1-10-11(2)8-5-3-4-7(9)6-8/h3-6,10H,1-2H3. The van der Waals surface area contributed by atoms with Gasteiger partial charge in [0.05, 0.1) is 5.69 Å². The van der Waals surface area contributed by atoms with Crippen LogP contribution in [0, 0.1) is 0 Å². The molecule has 1 aromatic carbocycles. The van der Waals surface area contributed by atoms with Gasteiger partial charge in [-0.2, -0.15) is 0 Å². The van der Waals surface area contributed by atoms with E-state index in [-0.39, 0.29) is 0 Å². The van der Waals surface area contributed by atoms with E-state index < -0.39 is 0 Å². The molecule has 0 aliphatic heterocycles. The first kappa shape index (κ1) is 8.37. The molecule has 0 amide bonds. The molecule has 0 spiro atoms. The van der Waals surface area contributed by atoms with Crippen molar-refractivity contribution in [3.63, 3.8) is 0 Å². The molecule has 1 N–H and O–H groups in total. The van der Waals surface area contributed by atoms with E-state index in [1.165, 1.54) is 0 Å². The molecule has 0 aromatic heterocycles. The van der Waals surface area contributed by atoms with Crippen LogP contribution in [0.25, 0.3) is 0 Å². The van der Waals surface area contributed by atoms with Gasteiger partial charge in [0, 0.05) is 19.1 Å². The van der Waals surface area contributed by atoms with Crippen molar-refractivity contribution in [3.8, 4) is 0 Å². The molecular formula is C8H11ClN2. The maximum absolute atomic E-state index is 5.79. The third-order valence-corrected chi connectivity index (χ3v) is 1.77. The fraction of sp³-hybridized carbons (Fsp3) is 0.250. The first-order chi connectivity index (χ1) is 5.24. The molecule has 60 valence electrons. The lowest BCUT2D eigenvalue weighted by molar-refractivity contribution is 0.791. The summed E-state index contributed by atoms with van der Waals surface area (Å²) in [6.45, 7) is 0. The topological polar surface area (TPSA) is 15.3 Å². The van der Waals surface area contributed by atoms with Crippen molar-refractivity contribution in [2.75, 3.05) is 19.1 Å². The van der Waals surface area contributed by atoms with Crippen molar-refractivity contribution in [1.29, 1.82) is 0 Å². The summed E-state index contributed by atoms with van der Waals surface area (Å²) in [6.07, 6.45) is 0. The molecule has 0 aliphatic rings. The lowest BCUT2D eigenvalue weighted by Gasteiger charge is -2.17. The van der Waals surface area contributed by atoms with E-state index in [0.29, 0.717) is 0 Å². The van der Waals surface area contributed by atoms with Gasteiger partial charge >= 0.3 is 0 Å². The van der Waals surface area contributed by atoms with Crippen LogP contribution >= 0.6 is 11.6 Å². The molecule has 0 radical (unpaired) electrons. The average Bonchev–Trinajstić information content (AvgIpc) is 2.03. The summed E-state index contributed by atoms with van der Waals surface area (Å²) in [5.41, 5.74) is 4.04. The smallest absolute Gasteiger partial charge is 0.0531 e. The maximum atomic E-state index is 5.79. The van der Waals surface area contributed by atoms with E-state index in [0.717, 1.165) is 10.7 Å². The number of benzene rings is 1. The van der Waals surface area contributed by atoms with E-state index in [1.54, 1.807) is 0 Å². The monoisotopic (exact) mass is 170 g/mol. The quantitative estimate of drug-likeness (QED) is 0.683. The number of hydrogen-bond donors (Lipinski definition) is 1. The molecule has 0 aliphatic carbocycles. The van der Waals surface area contributed by atoms with Crippen molar-refractivity contribution in [2.24, 2.45) is 0 Å². The molecule has 0 saturated carbocycles. The van der Waals surface area contributed by atoms with Crippen LogP contribution in [0.5, 0.6) is 0 Å². The van der Waals surface area contributed by atoms with Crippen LogP contribution in [-0.2, 0) is 0 Å². The maximum Gasteiger partial charge on any atom is 0.0531 e. The number of nitrogens with one attached hydrogen (secondary N) is 1. The van der Waals surface area contributed by atoms with E-state index in [1.807, 2.05) is 43.4 Å². The molecule has 2 nitrogen and oxygen atoms in total. The summed E-state index contributed by atoms with van der Waals surface area (Å²) in [5, 5.41) is 2.65. The van der Waals surface area contributed by atoms with E-state index in [9.17, 15) is 0 Å². The molecule has 11 heavy (non-hydrogen) atoms. The van der Waals surface area contributed by atoms with Crippen LogP contribution in [0.4, 0.5) is 5.69 Å². The van der Waals surface area contributed by atoms with Crippen molar-refractivity contribution in [1.82, 2.24) is 5.43 Å². The van der Waals surface area contributed by atoms with Crippen molar-refractivity contribution >= 4 is 17.3 Å². The van der Waals surface area contributed by atoms with Crippen molar-refractivity contribution < 1.29 is 0 Å². The van der Waals surface area contributed by atoms with Gasteiger partial charge < -0.3 is 5.01 Å². The summed E-state index contributed by atoms with van der Waals surface area (Å²) >= 11 is 5.79. The zero-order valence-electron chi connectivity index (χ0n) is 6.63. The van der Waals surface area contributed by atoms with Gasteiger partial charge in [0.1, 0.15) is 0 Å². The zero-order valence-corrected chi connectivity index (χ0v) is 7.39. The van der Waals surface area contributed by atoms with E-state index in [4.69, 9.17) is 11.6 Å². The largest absolute Gasteiger partial charge is 0.312 e. The van der Waals surface area contributed by atoms with Gasteiger partial charge in [-0.05, 0) is 18.2 Å². The van der Waals surface area contributed by atoms with Crippen LogP contribution in [0.1, 0.15) is 0 Å². The van der Waals surface area contributed by atoms with Crippen LogP contribution in [0.3, 0.4) is 0 Å². The number of hydrazine groups is 1. The van der Waals surface area contributed by atoms with Crippen molar-refractivity contribution in [2.45, 2.75) is 0 Å². The van der Waals surface area contributed by atoms with Gasteiger partial charge in [0.15, 0.2) is 0 Å². The average molecular weight is 171 g/mol. The SMILES string of the molecule is CNN(C)c1cccc(Cl)c1. The Balaban J connectivity index is 2.86. The minimum Gasteiger partial charge on any atom is -0.312 e. The molecule has 0 heterocycles. The fourth-order valence-electron chi connectivity index (χ4n) is 0.814. The number of halogens is 1. The minimum atomic E-state index is 0.754. The van der Waals surface area contributed by atoms with E-state index >= 15 is 0 Å². The third kappa shape index (κ3) is 2.10. The lowest BCUT2D eigenvalue weighted by Crippen LogP contribution is -2.30. The molecule has 1 rings (SSSR count). The Kier molecular flexibility index (Phi) is 2.74. The molecule has 0 saturated heterocycles. The summed E-state index contributed by atoms with van der Waals surface area (Å²) in [5.74, 6) is 0. The summed E-state index contributed by atoms with van der Waals surface area (Å²) in [4.78, 5) is 0. The molecule has 0 atom stereocenters.